The molecule has 0 aromatic heterocycles. The average molecular weight is 279 g/mol. The van der Waals surface area contributed by atoms with Gasteiger partial charge in [-0.2, -0.15) is 0 Å². The number of nitro groups is 1. The Hall–Kier alpha value is -2.15. The normalized spacial score (nSPS) is 17.7. The van der Waals surface area contributed by atoms with Crippen LogP contribution in [-0.4, -0.2) is 36.6 Å². The number of carbonyl (C=O) groups excluding carboxylic acids is 1. The predicted octanol–water partition coefficient (Wildman–Crippen LogP) is 0.842. The first-order valence-electron chi connectivity index (χ1n) is 6.52. The maximum absolute atomic E-state index is 11.6. The zero-order valence-corrected chi connectivity index (χ0v) is 11.0. The fourth-order valence-electron chi connectivity index (χ4n) is 2.03. The lowest BCUT2D eigenvalue weighted by atomic mass is 10.2. The highest BCUT2D eigenvalue weighted by molar-refractivity contribution is 5.77. The average Bonchev–Trinajstić information content (AvgIpc) is 2.96. The van der Waals surface area contributed by atoms with Crippen molar-refractivity contribution < 1.29 is 14.5 Å². The van der Waals surface area contributed by atoms with E-state index in [1.807, 2.05) is 0 Å². The highest BCUT2D eigenvalue weighted by atomic mass is 16.6. The molecule has 0 saturated carbocycles. The second-order valence-electron chi connectivity index (χ2n) is 4.64. The molecule has 1 aliphatic heterocycles. The van der Waals surface area contributed by atoms with Crippen LogP contribution in [0, 0.1) is 10.1 Å². The molecule has 108 valence electrons. The molecule has 1 saturated heterocycles. The Balaban J connectivity index is 1.70. The summed E-state index contributed by atoms with van der Waals surface area (Å²) in [6.07, 6.45) is 2.21. The van der Waals surface area contributed by atoms with Gasteiger partial charge in [0, 0.05) is 24.7 Å². The third-order valence-electron chi connectivity index (χ3n) is 3.13. The van der Waals surface area contributed by atoms with Gasteiger partial charge in [0.2, 0.25) is 0 Å². The summed E-state index contributed by atoms with van der Waals surface area (Å²) in [4.78, 5) is 21.6. The SMILES string of the molecule is O=C(COc1ccc([N+](=O)[O-])cc1)NCC1CCCN1. The minimum Gasteiger partial charge on any atom is -0.484 e. The number of benzene rings is 1. The van der Waals surface area contributed by atoms with Gasteiger partial charge >= 0.3 is 0 Å². The third kappa shape index (κ3) is 4.20. The molecule has 1 fully saturated rings. The van der Waals surface area contributed by atoms with Crippen molar-refractivity contribution in [3.8, 4) is 5.75 Å². The fraction of sp³-hybridized carbons (Fsp3) is 0.462. The van der Waals surface area contributed by atoms with Gasteiger partial charge in [0.1, 0.15) is 5.75 Å². The Morgan fingerprint density at radius 1 is 1.45 bits per heavy atom. The lowest BCUT2D eigenvalue weighted by Crippen LogP contribution is -2.39. The smallest absolute Gasteiger partial charge is 0.269 e. The van der Waals surface area contributed by atoms with Crippen molar-refractivity contribution in [1.29, 1.82) is 0 Å². The summed E-state index contributed by atoms with van der Waals surface area (Å²) in [5.74, 6) is 0.238. The first-order valence-corrected chi connectivity index (χ1v) is 6.52. The molecule has 1 amide bonds. The summed E-state index contributed by atoms with van der Waals surface area (Å²) in [5, 5.41) is 16.6. The van der Waals surface area contributed by atoms with Crippen molar-refractivity contribution in [2.45, 2.75) is 18.9 Å². The molecule has 1 aromatic carbocycles. The summed E-state index contributed by atoms with van der Waals surface area (Å²) < 4.78 is 5.26. The van der Waals surface area contributed by atoms with E-state index in [4.69, 9.17) is 4.74 Å². The van der Waals surface area contributed by atoms with Gasteiger partial charge in [0.25, 0.3) is 11.6 Å². The van der Waals surface area contributed by atoms with Gasteiger partial charge in [0.05, 0.1) is 4.92 Å². The number of nitrogens with zero attached hydrogens (tertiary/aromatic N) is 1. The van der Waals surface area contributed by atoms with Crippen LogP contribution in [-0.2, 0) is 4.79 Å². The molecule has 0 radical (unpaired) electrons. The summed E-state index contributed by atoms with van der Waals surface area (Å²) in [6, 6.07) is 5.98. The van der Waals surface area contributed by atoms with Gasteiger partial charge in [-0.15, -0.1) is 0 Å². The zero-order valence-electron chi connectivity index (χ0n) is 11.0. The number of non-ortho nitro benzene ring substituents is 1. The van der Waals surface area contributed by atoms with Crippen LogP contribution in [0.25, 0.3) is 0 Å². The highest BCUT2D eigenvalue weighted by Gasteiger charge is 2.14. The van der Waals surface area contributed by atoms with Crippen molar-refractivity contribution in [1.82, 2.24) is 10.6 Å². The minimum atomic E-state index is -0.481. The quantitative estimate of drug-likeness (QED) is 0.594. The second-order valence-corrected chi connectivity index (χ2v) is 4.64. The van der Waals surface area contributed by atoms with Crippen molar-refractivity contribution in [2.24, 2.45) is 0 Å². The van der Waals surface area contributed by atoms with Crippen LogP contribution in [0.2, 0.25) is 0 Å². The highest BCUT2D eigenvalue weighted by Crippen LogP contribution is 2.17. The van der Waals surface area contributed by atoms with E-state index < -0.39 is 4.92 Å². The lowest BCUT2D eigenvalue weighted by molar-refractivity contribution is -0.384. The van der Waals surface area contributed by atoms with Crippen LogP contribution in [0.5, 0.6) is 5.75 Å². The van der Waals surface area contributed by atoms with Gasteiger partial charge < -0.3 is 15.4 Å². The number of hydrogen-bond acceptors (Lipinski definition) is 5. The predicted molar refractivity (Wildman–Crippen MR) is 72.6 cm³/mol. The fourth-order valence-corrected chi connectivity index (χ4v) is 2.03. The Labute approximate surface area is 116 Å². The van der Waals surface area contributed by atoms with Gasteiger partial charge in [-0.25, -0.2) is 0 Å². The number of carbonyl (C=O) groups is 1. The maximum atomic E-state index is 11.6. The van der Waals surface area contributed by atoms with E-state index >= 15 is 0 Å². The van der Waals surface area contributed by atoms with Gasteiger partial charge in [0.15, 0.2) is 6.61 Å². The van der Waals surface area contributed by atoms with Gasteiger partial charge in [-0.3, -0.25) is 14.9 Å². The lowest BCUT2D eigenvalue weighted by Gasteiger charge is -2.11. The molecule has 0 bridgehead atoms. The molecule has 0 spiro atoms. The molecule has 7 heteroatoms. The zero-order chi connectivity index (χ0) is 14.4. The van der Waals surface area contributed by atoms with E-state index in [1.165, 1.54) is 24.3 Å². The Morgan fingerprint density at radius 3 is 2.80 bits per heavy atom. The van der Waals surface area contributed by atoms with Crippen LogP contribution < -0.4 is 15.4 Å². The van der Waals surface area contributed by atoms with E-state index in [0.717, 1.165) is 19.4 Å². The number of ether oxygens (including phenoxy) is 1. The third-order valence-corrected chi connectivity index (χ3v) is 3.13. The molecule has 1 aliphatic rings. The second kappa shape index (κ2) is 6.85. The molecule has 7 nitrogen and oxygen atoms in total. The van der Waals surface area contributed by atoms with Crippen molar-refractivity contribution in [3.63, 3.8) is 0 Å². The number of hydrogen-bond donors (Lipinski definition) is 2. The van der Waals surface area contributed by atoms with Crippen LogP contribution >= 0.6 is 0 Å². The monoisotopic (exact) mass is 279 g/mol. The van der Waals surface area contributed by atoms with Crippen LogP contribution in [0.4, 0.5) is 5.69 Å². The molecule has 2 rings (SSSR count). The molecule has 1 aromatic rings. The Kier molecular flexibility index (Phi) is 4.89. The van der Waals surface area contributed by atoms with Crippen molar-refractivity contribution >= 4 is 11.6 Å². The maximum Gasteiger partial charge on any atom is 0.269 e. The minimum absolute atomic E-state index is 0.00545. The number of amides is 1. The van der Waals surface area contributed by atoms with E-state index in [1.54, 1.807) is 0 Å². The number of nitro benzene ring substituents is 1. The molecule has 0 aliphatic carbocycles. The van der Waals surface area contributed by atoms with Crippen LogP contribution in [0.3, 0.4) is 0 Å². The van der Waals surface area contributed by atoms with Crippen LogP contribution in [0.15, 0.2) is 24.3 Å². The molecular weight excluding hydrogens is 262 g/mol. The summed E-state index contributed by atoms with van der Waals surface area (Å²) in [5.41, 5.74) is -0.00545. The van der Waals surface area contributed by atoms with Crippen LogP contribution in [0.1, 0.15) is 12.8 Å². The molecular formula is C13H17N3O4. The molecule has 20 heavy (non-hydrogen) atoms. The first-order chi connectivity index (χ1) is 9.65. The summed E-state index contributed by atoms with van der Waals surface area (Å²) in [6.45, 7) is 1.51. The first kappa shape index (κ1) is 14.3. The number of rotatable bonds is 6. The van der Waals surface area contributed by atoms with E-state index in [-0.39, 0.29) is 18.2 Å². The van der Waals surface area contributed by atoms with Gasteiger partial charge in [-0.1, -0.05) is 0 Å². The van der Waals surface area contributed by atoms with Gasteiger partial charge in [-0.05, 0) is 31.5 Å². The van der Waals surface area contributed by atoms with E-state index in [9.17, 15) is 14.9 Å². The Bertz CT molecular complexity index is 469. The topological polar surface area (TPSA) is 93.5 Å². The molecule has 1 unspecified atom stereocenters. The molecule has 2 N–H and O–H groups in total. The van der Waals surface area contributed by atoms with Crippen molar-refractivity contribution in [2.75, 3.05) is 19.7 Å². The molecule has 1 atom stereocenters. The summed E-state index contributed by atoms with van der Waals surface area (Å²) >= 11 is 0. The Morgan fingerprint density at radius 2 is 2.20 bits per heavy atom. The van der Waals surface area contributed by atoms with E-state index in [2.05, 4.69) is 10.6 Å². The number of nitrogens with one attached hydrogen (secondary N) is 2. The standard InChI is InChI=1S/C13H17N3O4/c17-13(15-8-10-2-1-7-14-10)9-20-12-5-3-11(4-6-12)16(18)19/h3-6,10,14H,1-2,7-9H2,(H,15,17). The largest absolute Gasteiger partial charge is 0.484 e. The molecule has 1 heterocycles. The van der Waals surface area contributed by atoms with E-state index in [0.29, 0.717) is 18.3 Å². The van der Waals surface area contributed by atoms with Crippen molar-refractivity contribution in [3.05, 3.63) is 34.4 Å². The summed E-state index contributed by atoms with van der Waals surface area (Å²) in [7, 11) is 0.